The van der Waals surface area contributed by atoms with E-state index < -0.39 is 17.7 Å². The summed E-state index contributed by atoms with van der Waals surface area (Å²) in [5, 5.41) is 2.96. The van der Waals surface area contributed by atoms with Crippen LogP contribution >= 0.6 is 0 Å². The van der Waals surface area contributed by atoms with Crippen molar-refractivity contribution in [1.82, 2.24) is 10.2 Å². The van der Waals surface area contributed by atoms with E-state index in [-0.39, 0.29) is 5.91 Å². The van der Waals surface area contributed by atoms with Crippen LogP contribution in [0.2, 0.25) is 0 Å². The molecule has 1 heterocycles. The fraction of sp³-hybridized carbons (Fsp3) is 0.636. The lowest BCUT2D eigenvalue weighted by Gasteiger charge is -2.28. The van der Waals surface area contributed by atoms with Crippen molar-refractivity contribution in [3.8, 4) is 5.75 Å². The standard InChI is InChI=1S/C22H34N2O4/c1-16(2)15-27-18-10-8-17(9-11-18)12-13-23-20(25)19-7-6-14-24(19)21(26)28-22(3,4)5/h8-11,16,19H,6-7,12-15H2,1-5H3,(H,23,25)/t19-/m0/s1. The smallest absolute Gasteiger partial charge is 0.410 e. The van der Waals surface area contributed by atoms with Crippen LogP contribution in [0.1, 0.15) is 53.0 Å². The largest absolute Gasteiger partial charge is 0.493 e. The van der Waals surface area contributed by atoms with Crippen molar-refractivity contribution < 1.29 is 19.1 Å². The zero-order valence-electron chi connectivity index (χ0n) is 17.8. The van der Waals surface area contributed by atoms with Crippen LogP contribution in [0.25, 0.3) is 0 Å². The second kappa shape index (κ2) is 9.80. The number of benzene rings is 1. The summed E-state index contributed by atoms with van der Waals surface area (Å²) in [6, 6.07) is 7.51. The Kier molecular flexibility index (Phi) is 7.72. The number of ether oxygens (including phenoxy) is 2. The molecule has 0 aliphatic carbocycles. The molecule has 0 unspecified atom stereocenters. The van der Waals surface area contributed by atoms with Gasteiger partial charge in [-0.15, -0.1) is 0 Å². The number of hydrogen-bond acceptors (Lipinski definition) is 4. The summed E-state index contributed by atoms with van der Waals surface area (Å²) in [5.74, 6) is 1.24. The number of rotatable bonds is 7. The first-order valence-electron chi connectivity index (χ1n) is 10.1. The first kappa shape index (κ1) is 22.1. The molecule has 1 aromatic rings. The molecule has 6 heteroatoms. The van der Waals surface area contributed by atoms with Gasteiger partial charge in [0.15, 0.2) is 0 Å². The normalized spacial score (nSPS) is 16.9. The molecule has 1 N–H and O–H groups in total. The summed E-state index contributed by atoms with van der Waals surface area (Å²) in [7, 11) is 0. The van der Waals surface area contributed by atoms with Gasteiger partial charge in [-0.2, -0.15) is 0 Å². The van der Waals surface area contributed by atoms with Crippen LogP contribution < -0.4 is 10.1 Å². The van der Waals surface area contributed by atoms with E-state index in [1.165, 1.54) is 0 Å². The maximum Gasteiger partial charge on any atom is 0.410 e. The summed E-state index contributed by atoms with van der Waals surface area (Å²) in [6.07, 6.45) is 1.81. The Morgan fingerprint density at radius 2 is 1.89 bits per heavy atom. The first-order valence-corrected chi connectivity index (χ1v) is 10.1. The number of nitrogens with one attached hydrogen (secondary N) is 1. The zero-order chi connectivity index (χ0) is 20.7. The summed E-state index contributed by atoms with van der Waals surface area (Å²) >= 11 is 0. The van der Waals surface area contributed by atoms with Crippen LogP contribution in [-0.4, -0.2) is 48.2 Å². The topological polar surface area (TPSA) is 67.9 Å². The Morgan fingerprint density at radius 1 is 1.21 bits per heavy atom. The van der Waals surface area contributed by atoms with Crippen LogP contribution in [0.4, 0.5) is 4.79 Å². The van der Waals surface area contributed by atoms with Crippen molar-refractivity contribution in [3.63, 3.8) is 0 Å². The molecule has 1 fully saturated rings. The lowest BCUT2D eigenvalue weighted by Crippen LogP contribution is -2.47. The van der Waals surface area contributed by atoms with E-state index in [1.54, 1.807) is 4.90 Å². The molecule has 0 spiro atoms. The third-order valence-corrected chi connectivity index (χ3v) is 4.40. The van der Waals surface area contributed by atoms with Crippen LogP contribution in [0, 0.1) is 5.92 Å². The second-order valence-corrected chi connectivity index (χ2v) is 8.72. The molecule has 0 bridgehead atoms. The number of carbonyl (C=O) groups is 2. The molecule has 2 amide bonds. The number of hydrogen-bond donors (Lipinski definition) is 1. The van der Waals surface area contributed by atoms with E-state index in [0.717, 1.165) is 24.2 Å². The highest BCUT2D eigenvalue weighted by Crippen LogP contribution is 2.21. The molecule has 1 aliphatic heterocycles. The van der Waals surface area contributed by atoms with Crippen LogP contribution in [0.3, 0.4) is 0 Å². The highest BCUT2D eigenvalue weighted by atomic mass is 16.6. The van der Waals surface area contributed by atoms with Crippen molar-refractivity contribution >= 4 is 12.0 Å². The Bertz CT molecular complexity index is 649. The molecule has 0 radical (unpaired) electrons. The van der Waals surface area contributed by atoms with Crippen molar-refractivity contribution in [3.05, 3.63) is 29.8 Å². The Hall–Kier alpha value is -2.24. The molecular formula is C22H34N2O4. The zero-order valence-corrected chi connectivity index (χ0v) is 17.8. The SMILES string of the molecule is CC(C)COc1ccc(CCNC(=O)[C@@H]2CCCN2C(=O)OC(C)(C)C)cc1. The highest BCUT2D eigenvalue weighted by Gasteiger charge is 2.36. The summed E-state index contributed by atoms with van der Waals surface area (Å²) in [6.45, 7) is 11.5. The number of nitrogens with zero attached hydrogens (tertiary/aromatic N) is 1. The second-order valence-electron chi connectivity index (χ2n) is 8.72. The third-order valence-electron chi connectivity index (χ3n) is 4.40. The molecule has 1 aromatic carbocycles. The van der Waals surface area contributed by atoms with Gasteiger partial charge in [-0.05, 0) is 63.6 Å². The minimum atomic E-state index is -0.564. The van der Waals surface area contributed by atoms with Gasteiger partial charge in [0.25, 0.3) is 0 Å². The molecule has 28 heavy (non-hydrogen) atoms. The lowest BCUT2D eigenvalue weighted by atomic mass is 10.1. The van der Waals surface area contributed by atoms with Crippen LogP contribution in [-0.2, 0) is 16.0 Å². The molecule has 0 saturated carbocycles. The number of amides is 2. The molecule has 156 valence electrons. The number of likely N-dealkylation sites (tertiary alicyclic amines) is 1. The molecule has 6 nitrogen and oxygen atoms in total. The predicted octanol–water partition coefficient (Wildman–Crippen LogP) is 3.78. The fourth-order valence-corrected chi connectivity index (χ4v) is 3.04. The molecule has 2 rings (SSSR count). The van der Waals surface area contributed by atoms with Crippen molar-refractivity contribution in [2.24, 2.45) is 5.92 Å². The minimum absolute atomic E-state index is 0.111. The van der Waals surface area contributed by atoms with Crippen LogP contribution in [0.15, 0.2) is 24.3 Å². The van der Waals surface area contributed by atoms with E-state index in [4.69, 9.17) is 9.47 Å². The molecular weight excluding hydrogens is 356 g/mol. The average Bonchev–Trinajstić information content (AvgIpc) is 3.09. The molecule has 1 saturated heterocycles. The first-order chi connectivity index (χ1) is 13.2. The van der Waals surface area contributed by atoms with Gasteiger partial charge in [-0.1, -0.05) is 26.0 Å². The highest BCUT2D eigenvalue weighted by molar-refractivity contribution is 5.86. The average molecular weight is 391 g/mol. The maximum absolute atomic E-state index is 12.5. The van der Waals surface area contributed by atoms with Gasteiger partial charge in [-0.3, -0.25) is 9.69 Å². The van der Waals surface area contributed by atoms with E-state index in [9.17, 15) is 9.59 Å². The van der Waals surface area contributed by atoms with Gasteiger partial charge >= 0.3 is 6.09 Å². The summed E-state index contributed by atoms with van der Waals surface area (Å²) < 4.78 is 11.1. The number of carbonyl (C=O) groups excluding carboxylic acids is 2. The minimum Gasteiger partial charge on any atom is -0.493 e. The summed E-state index contributed by atoms with van der Waals surface area (Å²) in [4.78, 5) is 26.4. The Morgan fingerprint density at radius 3 is 2.50 bits per heavy atom. The van der Waals surface area contributed by atoms with Crippen LogP contribution in [0.5, 0.6) is 5.75 Å². The van der Waals surface area contributed by atoms with E-state index in [0.29, 0.717) is 32.0 Å². The van der Waals surface area contributed by atoms with E-state index in [2.05, 4.69) is 19.2 Å². The van der Waals surface area contributed by atoms with Gasteiger partial charge in [-0.25, -0.2) is 4.79 Å². The van der Waals surface area contributed by atoms with Gasteiger partial charge in [0.2, 0.25) is 5.91 Å². The Balaban J connectivity index is 1.79. The quantitative estimate of drug-likeness (QED) is 0.769. The molecule has 1 aliphatic rings. The third kappa shape index (κ3) is 7.06. The van der Waals surface area contributed by atoms with Gasteiger partial charge in [0.05, 0.1) is 6.61 Å². The van der Waals surface area contributed by atoms with Crippen molar-refractivity contribution in [2.75, 3.05) is 19.7 Å². The van der Waals surface area contributed by atoms with Gasteiger partial charge in [0.1, 0.15) is 17.4 Å². The predicted molar refractivity (Wildman–Crippen MR) is 109 cm³/mol. The Labute approximate surface area is 168 Å². The van der Waals surface area contributed by atoms with Crippen molar-refractivity contribution in [2.45, 2.75) is 65.5 Å². The molecule has 1 atom stereocenters. The fourth-order valence-electron chi connectivity index (χ4n) is 3.04. The van der Waals surface area contributed by atoms with E-state index >= 15 is 0 Å². The van der Waals surface area contributed by atoms with Crippen molar-refractivity contribution in [1.29, 1.82) is 0 Å². The maximum atomic E-state index is 12.5. The lowest BCUT2D eigenvalue weighted by molar-refractivity contribution is -0.125. The molecule has 0 aromatic heterocycles. The monoisotopic (exact) mass is 390 g/mol. The van der Waals surface area contributed by atoms with Gasteiger partial charge < -0.3 is 14.8 Å². The van der Waals surface area contributed by atoms with E-state index in [1.807, 2.05) is 45.0 Å². The van der Waals surface area contributed by atoms with Gasteiger partial charge in [0, 0.05) is 13.1 Å². The summed E-state index contributed by atoms with van der Waals surface area (Å²) in [5.41, 5.74) is 0.568.